The zero-order valence-electron chi connectivity index (χ0n) is 3.63. The second-order valence-electron chi connectivity index (χ2n) is 1.23. The van der Waals surface area contributed by atoms with Crippen molar-refractivity contribution in [3.63, 3.8) is 0 Å². The fraction of sp³-hybridized carbons (Fsp3) is 1.00. The van der Waals surface area contributed by atoms with Gasteiger partial charge in [0, 0.05) is 0 Å². The van der Waals surface area contributed by atoms with Crippen LogP contribution in [-0.2, 0) is 0 Å². The molecule has 0 rings (SSSR count). The monoisotopic (exact) mass is 91.1 g/mol. The quantitative estimate of drug-likeness (QED) is 0.349. The summed E-state index contributed by atoms with van der Waals surface area (Å²) < 4.78 is 0. The Morgan fingerprint density at radius 2 is 1.67 bits per heavy atom. The average Bonchev–Trinajstić information content (AvgIpc) is 1.36. The van der Waals surface area contributed by atoms with Gasteiger partial charge < -0.3 is 15.9 Å². The number of rotatable bonds is 1. The van der Waals surface area contributed by atoms with Gasteiger partial charge in [-0.05, 0) is 6.92 Å². The summed E-state index contributed by atoms with van der Waals surface area (Å²) in [6, 6.07) is 0. The summed E-state index contributed by atoms with van der Waals surface area (Å²) in [5.41, 5.74) is 4.74. The van der Waals surface area contributed by atoms with E-state index in [-0.39, 0.29) is 0 Å². The number of nitrogens with two attached hydrogens (primary N) is 1. The van der Waals surface area contributed by atoms with Gasteiger partial charge in [0.15, 0.2) is 0 Å². The molecular weight excluding hydrogens is 82.0 g/mol. The zero-order chi connectivity index (χ0) is 5.15. The Morgan fingerprint density at radius 3 is 1.67 bits per heavy atom. The Bertz CT molecular complexity index is 29.8. The average molecular weight is 91.1 g/mol. The van der Waals surface area contributed by atoms with Crippen molar-refractivity contribution >= 4 is 0 Å². The molecule has 0 heterocycles. The second-order valence-corrected chi connectivity index (χ2v) is 1.23. The number of aliphatic hydroxyl groups excluding tert-OH is 2. The number of hydrogen-bond donors (Lipinski definition) is 3. The van der Waals surface area contributed by atoms with E-state index in [0.717, 1.165) is 0 Å². The molecule has 0 aromatic heterocycles. The van der Waals surface area contributed by atoms with Crippen LogP contribution in [0.25, 0.3) is 0 Å². The molecule has 0 radical (unpaired) electrons. The van der Waals surface area contributed by atoms with Crippen LogP contribution in [0.3, 0.4) is 0 Å². The minimum absolute atomic E-state index is 0.815. The van der Waals surface area contributed by atoms with Crippen molar-refractivity contribution in [2.75, 3.05) is 0 Å². The first-order chi connectivity index (χ1) is 2.64. The van der Waals surface area contributed by atoms with Gasteiger partial charge in [0.1, 0.15) is 6.23 Å². The predicted octanol–water partition coefficient (Wildman–Crippen LogP) is -1.36. The van der Waals surface area contributed by atoms with Crippen molar-refractivity contribution < 1.29 is 10.2 Å². The van der Waals surface area contributed by atoms with Gasteiger partial charge in [-0.2, -0.15) is 0 Å². The van der Waals surface area contributed by atoms with Gasteiger partial charge in [0.05, 0.1) is 6.10 Å². The van der Waals surface area contributed by atoms with Crippen LogP contribution < -0.4 is 5.73 Å². The molecule has 0 spiro atoms. The first kappa shape index (κ1) is 5.88. The lowest BCUT2D eigenvalue weighted by Crippen LogP contribution is -2.31. The third kappa shape index (κ3) is 2.14. The number of hydrogen-bond acceptors (Lipinski definition) is 3. The maximum atomic E-state index is 8.25. The fourth-order valence-corrected chi connectivity index (χ4v) is 0. The minimum Gasteiger partial charge on any atom is -0.389 e. The topological polar surface area (TPSA) is 66.5 Å². The molecule has 0 aromatic rings. The van der Waals surface area contributed by atoms with Gasteiger partial charge in [-0.15, -0.1) is 0 Å². The molecule has 0 aliphatic carbocycles. The van der Waals surface area contributed by atoms with E-state index in [1.807, 2.05) is 0 Å². The Balaban J connectivity index is 2.99. The van der Waals surface area contributed by atoms with E-state index >= 15 is 0 Å². The van der Waals surface area contributed by atoms with Crippen LogP contribution in [0, 0.1) is 0 Å². The Morgan fingerprint density at radius 1 is 1.50 bits per heavy atom. The fourth-order valence-electron chi connectivity index (χ4n) is 0. The first-order valence-electron chi connectivity index (χ1n) is 1.76. The standard InChI is InChI=1S/C3H9NO2/c1-2(5)3(4)6/h2-3,5-6H,4H2,1H3/t2?,3-/m0/s1. The molecule has 2 atom stereocenters. The van der Waals surface area contributed by atoms with E-state index in [9.17, 15) is 0 Å². The van der Waals surface area contributed by atoms with Gasteiger partial charge in [-0.3, -0.25) is 0 Å². The van der Waals surface area contributed by atoms with Gasteiger partial charge in [0.25, 0.3) is 0 Å². The normalized spacial score (nSPS) is 20.0. The predicted molar refractivity (Wildman–Crippen MR) is 21.9 cm³/mol. The van der Waals surface area contributed by atoms with Crippen molar-refractivity contribution in [3.8, 4) is 0 Å². The molecule has 0 saturated carbocycles. The highest BCUT2D eigenvalue weighted by atomic mass is 16.3. The first-order valence-corrected chi connectivity index (χ1v) is 1.76. The highest BCUT2D eigenvalue weighted by Gasteiger charge is 2.00. The highest BCUT2D eigenvalue weighted by Crippen LogP contribution is 1.78. The van der Waals surface area contributed by atoms with E-state index in [2.05, 4.69) is 0 Å². The van der Waals surface area contributed by atoms with Crippen molar-refractivity contribution in [1.82, 2.24) is 0 Å². The summed E-state index contributed by atoms with van der Waals surface area (Å²) in [5.74, 6) is 0. The summed E-state index contributed by atoms with van der Waals surface area (Å²) in [6.07, 6.45) is -1.91. The molecule has 6 heavy (non-hydrogen) atoms. The Hall–Kier alpha value is -0.120. The van der Waals surface area contributed by atoms with Gasteiger partial charge in [-0.1, -0.05) is 0 Å². The lowest BCUT2D eigenvalue weighted by atomic mass is 10.4. The van der Waals surface area contributed by atoms with Crippen molar-refractivity contribution in [2.45, 2.75) is 19.3 Å². The third-order valence-corrected chi connectivity index (χ3v) is 0.494. The van der Waals surface area contributed by atoms with Crippen LogP contribution in [0.1, 0.15) is 6.92 Å². The molecule has 0 amide bonds. The van der Waals surface area contributed by atoms with Gasteiger partial charge in [0.2, 0.25) is 0 Å². The van der Waals surface area contributed by atoms with Crippen molar-refractivity contribution in [3.05, 3.63) is 0 Å². The van der Waals surface area contributed by atoms with Gasteiger partial charge in [-0.25, -0.2) is 0 Å². The smallest absolute Gasteiger partial charge is 0.128 e. The van der Waals surface area contributed by atoms with Crippen molar-refractivity contribution in [2.24, 2.45) is 5.73 Å². The molecule has 0 bridgehead atoms. The Labute approximate surface area is 36.4 Å². The molecule has 38 valence electrons. The lowest BCUT2D eigenvalue weighted by molar-refractivity contribution is 0.0359. The van der Waals surface area contributed by atoms with Crippen molar-refractivity contribution in [1.29, 1.82) is 0 Å². The van der Waals surface area contributed by atoms with E-state index in [0.29, 0.717) is 0 Å². The molecule has 1 unspecified atom stereocenters. The number of aliphatic hydroxyl groups is 2. The maximum Gasteiger partial charge on any atom is 0.128 e. The summed E-state index contributed by atoms with van der Waals surface area (Å²) in [4.78, 5) is 0. The molecule has 0 aliphatic rings. The molecular formula is C3H9NO2. The van der Waals surface area contributed by atoms with E-state index < -0.39 is 12.3 Å². The van der Waals surface area contributed by atoms with Gasteiger partial charge >= 0.3 is 0 Å². The molecule has 3 nitrogen and oxygen atoms in total. The van der Waals surface area contributed by atoms with Crippen LogP contribution in [0.5, 0.6) is 0 Å². The van der Waals surface area contributed by atoms with Crippen LogP contribution >= 0.6 is 0 Å². The molecule has 4 N–H and O–H groups in total. The highest BCUT2D eigenvalue weighted by molar-refractivity contribution is 4.48. The van der Waals surface area contributed by atoms with E-state index in [4.69, 9.17) is 15.9 Å². The largest absolute Gasteiger partial charge is 0.389 e. The second kappa shape index (κ2) is 2.12. The van der Waals surface area contributed by atoms with E-state index in [1.54, 1.807) is 0 Å². The molecule has 3 heteroatoms. The summed E-state index contributed by atoms with van der Waals surface area (Å²) in [6.45, 7) is 1.42. The zero-order valence-corrected chi connectivity index (χ0v) is 3.63. The summed E-state index contributed by atoms with van der Waals surface area (Å²) in [7, 11) is 0. The lowest BCUT2D eigenvalue weighted by Gasteiger charge is -2.03. The van der Waals surface area contributed by atoms with Crippen LogP contribution in [0.4, 0.5) is 0 Å². The maximum absolute atomic E-state index is 8.25. The Kier molecular flexibility index (Phi) is 2.08. The molecule has 0 aliphatic heterocycles. The third-order valence-electron chi connectivity index (χ3n) is 0.494. The van der Waals surface area contributed by atoms with E-state index in [1.165, 1.54) is 6.92 Å². The summed E-state index contributed by atoms with van der Waals surface area (Å²) in [5, 5.41) is 16.4. The van der Waals surface area contributed by atoms with Crippen LogP contribution in [-0.4, -0.2) is 22.5 Å². The molecule has 0 saturated heterocycles. The molecule has 0 aromatic carbocycles. The van der Waals surface area contributed by atoms with Crippen LogP contribution in [0.15, 0.2) is 0 Å². The SMILES string of the molecule is CC(O)[C@@H](N)O. The summed E-state index contributed by atoms with van der Waals surface area (Å²) >= 11 is 0. The van der Waals surface area contributed by atoms with Crippen LogP contribution in [0.2, 0.25) is 0 Å². The minimum atomic E-state index is -1.09. The molecule has 0 fully saturated rings.